The number of imidazole rings is 1. The zero-order valence-electron chi connectivity index (χ0n) is 11.1. The van der Waals surface area contributed by atoms with Gasteiger partial charge in [0.2, 0.25) is 5.95 Å². The van der Waals surface area contributed by atoms with Crippen molar-refractivity contribution in [3.8, 4) is 0 Å². The number of hydrogen-bond donors (Lipinski definition) is 1. The molecule has 2 aromatic rings. The lowest BCUT2D eigenvalue weighted by Crippen LogP contribution is -2.14. The lowest BCUT2D eigenvalue weighted by atomic mass is 9.95. The van der Waals surface area contributed by atoms with Gasteiger partial charge in [0.25, 0.3) is 0 Å². The molecule has 0 unspecified atom stereocenters. The van der Waals surface area contributed by atoms with E-state index in [1.54, 1.807) is 0 Å². The van der Waals surface area contributed by atoms with Gasteiger partial charge in [0.1, 0.15) is 0 Å². The fourth-order valence-corrected chi connectivity index (χ4v) is 3.32. The minimum absolute atomic E-state index is 0.562. The van der Waals surface area contributed by atoms with Crippen LogP contribution in [0.3, 0.4) is 0 Å². The van der Waals surface area contributed by atoms with Crippen LogP contribution in [0.1, 0.15) is 38.1 Å². The molecule has 5 heteroatoms. The molecule has 0 saturated heterocycles. The molecule has 1 aromatic carbocycles. The highest BCUT2D eigenvalue weighted by Gasteiger charge is 2.18. The first-order chi connectivity index (χ1) is 9.75. The van der Waals surface area contributed by atoms with E-state index in [1.807, 2.05) is 24.4 Å². The van der Waals surface area contributed by atoms with Crippen LogP contribution in [0.25, 0.3) is 0 Å². The Morgan fingerprint density at radius 3 is 2.85 bits per heavy atom. The quantitative estimate of drug-likeness (QED) is 0.783. The van der Waals surface area contributed by atoms with Crippen molar-refractivity contribution in [2.24, 2.45) is 0 Å². The number of rotatable bonds is 3. The second kappa shape index (κ2) is 6.19. The summed E-state index contributed by atoms with van der Waals surface area (Å²) in [5, 5.41) is 4.08. The molecule has 3 nitrogen and oxygen atoms in total. The summed E-state index contributed by atoms with van der Waals surface area (Å²) >= 11 is 9.64. The molecule has 0 aliphatic heterocycles. The summed E-state index contributed by atoms with van der Waals surface area (Å²) < 4.78 is 3.13. The third-order valence-corrected chi connectivity index (χ3v) is 5.23. The molecular weight excluding hydrogens is 338 g/mol. The molecule has 1 aliphatic rings. The van der Waals surface area contributed by atoms with Crippen LogP contribution in [0, 0.1) is 0 Å². The monoisotopic (exact) mass is 353 g/mol. The van der Waals surface area contributed by atoms with Crippen LogP contribution in [0.15, 0.2) is 35.1 Å². The zero-order chi connectivity index (χ0) is 13.9. The summed E-state index contributed by atoms with van der Waals surface area (Å²) in [5.41, 5.74) is 0.945. The van der Waals surface area contributed by atoms with Crippen molar-refractivity contribution < 1.29 is 0 Å². The predicted molar refractivity (Wildman–Crippen MR) is 86.8 cm³/mol. The fraction of sp³-hybridized carbons (Fsp3) is 0.400. The van der Waals surface area contributed by atoms with Crippen molar-refractivity contribution in [2.75, 3.05) is 5.32 Å². The topological polar surface area (TPSA) is 29.9 Å². The Labute approximate surface area is 132 Å². The summed E-state index contributed by atoms with van der Waals surface area (Å²) in [7, 11) is 0. The van der Waals surface area contributed by atoms with E-state index in [0.29, 0.717) is 11.1 Å². The van der Waals surface area contributed by atoms with Gasteiger partial charge in [-0.2, -0.15) is 0 Å². The minimum atomic E-state index is 0.562. The van der Waals surface area contributed by atoms with E-state index in [2.05, 4.69) is 37.0 Å². The van der Waals surface area contributed by atoms with Crippen LogP contribution < -0.4 is 5.32 Å². The molecule has 1 heterocycles. The molecule has 1 fully saturated rings. The smallest absolute Gasteiger partial charge is 0.207 e. The van der Waals surface area contributed by atoms with E-state index in [1.165, 1.54) is 32.1 Å². The Hall–Kier alpha value is -1.00. The van der Waals surface area contributed by atoms with Crippen LogP contribution in [0.2, 0.25) is 5.02 Å². The molecule has 3 rings (SSSR count). The number of halogens is 2. The maximum Gasteiger partial charge on any atom is 0.207 e. The number of benzene rings is 1. The standard InChI is InChI=1S/C15H17BrClN3/c16-14-12(17)7-4-8-13(14)19-15-18-9-10-20(15)11-5-2-1-3-6-11/h4,7-11H,1-3,5-6H2,(H,18,19). The number of nitrogens with zero attached hydrogens (tertiary/aromatic N) is 2. The molecular formula is C15H17BrClN3. The Kier molecular flexibility index (Phi) is 4.32. The minimum Gasteiger partial charge on any atom is -0.325 e. The lowest BCUT2D eigenvalue weighted by molar-refractivity contribution is 0.356. The number of aromatic nitrogens is 2. The molecule has 0 radical (unpaired) electrons. The van der Waals surface area contributed by atoms with Crippen LogP contribution in [0.5, 0.6) is 0 Å². The Balaban J connectivity index is 1.84. The van der Waals surface area contributed by atoms with E-state index >= 15 is 0 Å². The first-order valence-corrected chi connectivity index (χ1v) is 8.16. The average molecular weight is 355 g/mol. The molecule has 0 spiro atoms. The van der Waals surface area contributed by atoms with Gasteiger partial charge in [-0.05, 0) is 40.9 Å². The lowest BCUT2D eigenvalue weighted by Gasteiger charge is -2.25. The third kappa shape index (κ3) is 2.86. The number of anilines is 2. The normalized spacial score (nSPS) is 16.3. The molecule has 1 aliphatic carbocycles. The van der Waals surface area contributed by atoms with E-state index in [-0.39, 0.29) is 0 Å². The highest BCUT2D eigenvalue weighted by molar-refractivity contribution is 9.10. The van der Waals surface area contributed by atoms with Gasteiger partial charge < -0.3 is 9.88 Å². The largest absolute Gasteiger partial charge is 0.325 e. The molecule has 1 saturated carbocycles. The summed E-state index contributed by atoms with van der Waals surface area (Å²) in [6.45, 7) is 0. The van der Waals surface area contributed by atoms with Crippen molar-refractivity contribution in [1.82, 2.24) is 9.55 Å². The van der Waals surface area contributed by atoms with Crippen molar-refractivity contribution in [1.29, 1.82) is 0 Å². The van der Waals surface area contributed by atoms with E-state index < -0.39 is 0 Å². The molecule has 1 aromatic heterocycles. The summed E-state index contributed by atoms with van der Waals surface area (Å²) in [5.74, 6) is 0.889. The third-order valence-electron chi connectivity index (χ3n) is 3.83. The second-order valence-electron chi connectivity index (χ2n) is 5.18. The first kappa shape index (κ1) is 14.0. The van der Waals surface area contributed by atoms with Gasteiger partial charge in [0, 0.05) is 18.4 Å². The van der Waals surface area contributed by atoms with Crippen LogP contribution in [-0.4, -0.2) is 9.55 Å². The maximum atomic E-state index is 6.13. The Bertz CT molecular complexity index is 591. The van der Waals surface area contributed by atoms with Gasteiger partial charge >= 0.3 is 0 Å². The van der Waals surface area contributed by atoms with Gasteiger partial charge in [0.15, 0.2) is 0 Å². The highest BCUT2D eigenvalue weighted by Crippen LogP contribution is 2.34. The van der Waals surface area contributed by atoms with Gasteiger partial charge in [-0.3, -0.25) is 0 Å². The molecule has 106 valence electrons. The van der Waals surface area contributed by atoms with Gasteiger partial charge in [-0.25, -0.2) is 4.98 Å². The Morgan fingerprint density at radius 1 is 1.25 bits per heavy atom. The highest BCUT2D eigenvalue weighted by atomic mass is 79.9. The van der Waals surface area contributed by atoms with Gasteiger partial charge in [0.05, 0.1) is 15.2 Å². The predicted octanol–water partition coefficient (Wildman–Crippen LogP) is 5.55. The summed E-state index contributed by atoms with van der Waals surface area (Å²) in [4.78, 5) is 4.45. The molecule has 0 amide bonds. The summed E-state index contributed by atoms with van der Waals surface area (Å²) in [6, 6.07) is 6.36. The molecule has 0 atom stereocenters. The van der Waals surface area contributed by atoms with E-state index in [0.717, 1.165) is 16.1 Å². The van der Waals surface area contributed by atoms with Gasteiger partial charge in [-0.1, -0.05) is 36.9 Å². The van der Waals surface area contributed by atoms with Crippen molar-refractivity contribution >= 4 is 39.2 Å². The molecule has 20 heavy (non-hydrogen) atoms. The Morgan fingerprint density at radius 2 is 2.05 bits per heavy atom. The van der Waals surface area contributed by atoms with E-state index in [4.69, 9.17) is 11.6 Å². The van der Waals surface area contributed by atoms with E-state index in [9.17, 15) is 0 Å². The maximum absolute atomic E-state index is 6.13. The zero-order valence-corrected chi connectivity index (χ0v) is 13.5. The first-order valence-electron chi connectivity index (χ1n) is 6.99. The van der Waals surface area contributed by atoms with Crippen LogP contribution in [0.4, 0.5) is 11.6 Å². The van der Waals surface area contributed by atoms with Crippen LogP contribution >= 0.6 is 27.5 Å². The fourth-order valence-electron chi connectivity index (χ4n) is 2.78. The molecule has 1 N–H and O–H groups in total. The second-order valence-corrected chi connectivity index (χ2v) is 6.38. The van der Waals surface area contributed by atoms with Crippen molar-refractivity contribution in [3.05, 3.63) is 40.1 Å². The van der Waals surface area contributed by atoms with Crippen LogP contribution in [-0.2, 0) is 0 Å². The van der Waals surface area contributed by atoms with Crippen molar-refractivity contribution in [2.45, 2.75) is 38.1 Å². The molecule has 0 bridgehead atoms. The summed E-state index contributed by atoms with van der Waals surface area (Å²) in [6.07, 6.45) is 10.4. The SMILES string of the molecule is Clc1cccc(Nc2nccn2C2CCCCC2)c1Br. The average Bonchev–Trinajstić information content (AvgIpc) is 2.93. The number of hydrogen-bond acceptors (Lipinski definition) is 2. The van der Waals surface area contributed by atoms with Crippen molar-refractivity contribution in [3.63, 3.8) is 0 Å². The number of nitrogens with one attached hydrogen (secondary N) is 1. The van der Waals surface area contributed by atoms with Gasteiger partial charge in [-0.15, -0.1) is 0 Å².